The fraction of sp³-hybridized carbons (Fsp3) is 0.640. The number of nitrogens with zero attached hydrogens (tertiary/aromatic N) is 3. The molecule has 1 aromatic carbocycles. The molecule has 4 fully saturated rings. The summed E-state index contributed by atoms with van der Waals surface area (Å²) >= 11 is 6.23. The maximum atomic E-state index is 13.9. The smallest absolute Gasteiger partial charge is 0.243 e. The number of nitrogens with one attached hydrogen (secondary N) is 1. The van der Waals surface area contributed by atoms with Crippen LogP contribution >= 0.6 is 11.6 Å². The van der Waals surface area contributed by atoms with E-state index in [1.807, 2.05) is 0 Å². The van der Waals surface area contributed by atoms with Gasteiger partial charge in [0.15, 0.2) is 9.84 Å². The molecule has 0 aromatic heterocycles. The van der Waals surface area contributed by atoms with Gasteiger partial charge in [0.05, 0.1) is 21.2 Å². The summed E-state index contributed by atoms with van der Waals surface area (Å²) in [6.45, 7) is 1.79. The van der Waals surface area contributed by atoms with Crippen LogP contribution in [0.5, 0.6) is 0 Å². The predicted molar refractivity (Wildman–Crippen MR) is 130 cm³/mol. The third kappa shape index (κ3) is 4.56. The molecule has 5 rings (SSSR count). The highest BCUT2D eigenvalue weighted by molar-refractivity contribution is 7.92. The number of benzene rings is 1. The van der Waals surface area contributed by atoms with Crippen LogP contribution in [0.25, 0.3) is 0 Å². The molecule has 0 radical (unpaired) electrons. The van der Waals surface area contributed by atoms with Crippen LogP contribution in [-0.4, -0.2) is 72.0 Å². The first-order valence-electron chi connectivity index (χ1n) is 12.5. The maximum Gasteiger partial charge on any atom is 0.243 e. The van der Waals surface area contributed by atoms with Crippen LogP contribution in [0, 0.1) is 11.3 Å². The molecule has 2 heterocycles. The van der Waals surface area contributed by atoms with Crippen molar-refractivity contribution in [3.05, 3.63) is 29.3 Å². The highest BCUT2D eigenvalue weighted by Gasteiger charge is 2.58. The lowest BCUT2D eigenvalue weighted by atomic mass is 10.0. The fourth-order valence-electron chi connectivity index (χ4n) is 5.69. The molecule has 10 heteroatoms. The first kappa shape index (κ1) is 24.5. The van der Waals surface area contributed by atoms with Crippen molar-refractivity contribution in [1.82, 2.24) is 15.1 Å². The lowest BCUT2D eigenvalue weighted by Crippen LogP contribution is -2.54. The fourth-order valence-corrected chi connectivity index (χ4v) is 7.95. The van der Waals surface area contributed by atoms with E-state index >= 15 is 0 Å². The van der Waals surface area contributed by atoms with Gasteiger partial charge < -0.3 is 10.2 Å². The Hall–Kier alpha value is -2.15. The van der Waals surface area contributed by atoms with Crippen molar-refractivity contribution < 1.29 is 18.0 Å². The van der Waals surface area contributed by atoms with Crippen molar-refractivity contribution in [3.63, 3.8) is 0 Å². The molecule has 0 bridgehead atoms. The van der Waals surface area contributed by atoms with E-state index in [4.69, 9.17) is 11.6 Å². The van der Waals surface area contributed by atoms with Crippen LogP contribution in [-0.2, 0) is 19.4 Å². The molecule has 35 heavy (non-hydrogen) atoms. The molecule has 188 valence electrons. The molecular formula is C25H31ClN4O4S. The number of rotatable bonds is 7. The largest absolute Gasteiger partial charge is 0.338 e. The molecule has 2 aliphatic heterocycles. The second kappa shape index (κ2) is 9.06. The lowest BCUT2D eigenvalue weighted by Gasteiger charge is -2.37. The van der Waals surface area contributed by atoms with E-state index < -0.39 is 32.2 Å². The van der Waals surface area contributed by atoms with Crippen LogP contribution in [0.3, 0.4) is 0 Å². The summed E-state index contributed by atoms with van der Waals surface area (Å²) in [5.74, 6) is -0.374. The van der Waals surface area contributed by atoms with Gasteiger partial charge in [0, 0.05) is 19.0 Å². The normalized spacial score (nSPS) is 27.1. The molecule has 0 unspecified atom stereocenters. The molecule has 2 aliphatic carbocycles. The second-order valence-corrected chi connectivity index (χ2v) is 13.1. The van der Waals surface area contributed by atoms with Gasteiger partial charge in [0.2, 0.25) is 11.8 Å². The Balaban J connectivity index is 1.40. The maximum absolute atomic E-state index is 13.9. The Labute approximate surface area is 211 Å². The highest BCUT2D eigenvalue weighted by atomic mass is 35.5. The summed E-state index contributed by atoms with van der Waals surface area (Å²) in [5.41, 5.74) is -1.37. The third-order valence-corrected chi connectivity index (χ3v) is 10.7. The van der Waals surface area contributed by atoms with E-state index in [2.05, 4.69) is 16.3 Å². The SMILES string of the molecule is N#CC1(NC(=O)C[C@H]2C[C@@H](S(=O)(=O)c3ccccc3Cl)CN2C(=O)C2(N3CCCCC3)CC2)CC1. The number of hydrogen-bond acceptors (Lipinski definition) is 6. The van der Waals surface area contributed by atoms with E-state index in [1.54, 1.807) is 23.1 Å². The molecule has 2 saturated heterocycles. The Kier molecular flexibility index (Phi) is 6.35. The summed E-state index contributed by atoms with van der Waals surface area (Å²) < 4.78 is 27.1. The summed E-state index contributed by atoms with van der Waals surface area (Å²) in [6, 6.07) is 7.96. The number of carbonyl (C=O) groups excluding carboxylic acids is 2. The monoisotopic (exact) mass is 518 g/mol. The van der Waals surface area contributed by atoms with E-state index in [9.17, 15) is 23.3 Å². The molecule has 8 nitrogen and oxygen atoms in total. The van der Waals surface area contributed by atoms with Crippen LogP contribution in [0.2, 0.25) is 5.02 Å². The first-order chi connectivity index (χ1) is 16.7. The minimum atomic E-state index is -3.81. The predicted octanol–water partition coefficient (Wildman–Crippen LogP) is 2.66. The molecule has 2 atom stereocenters. The molecule has 2 saturated carbocycles. The molecule has 2 amide bonds. The number of amides is 2. The van der Waals surface area contributed by atoms with Gasteiger partial charge in [-0.25, -0.2) is 8.42 Å². The highest BCUT2D eigenvalue weighted by Crippen LogP contribution is 2.46. The van der Waals surface area contributed by atoms with E-state index in [0.29, 0.717) is 12.8 Å². The summed E-state index contributed by atoms with van der Waals surface area (Å²) in [7, 11) is -3.81. The number of hydrogen-bond donors (Lipinski definition) is 1. The van der Waals surface area contributed by atoms with Gasteiger partial charge in [-0.05, 0) is 70.2 Å². The number of carbonyl (C=O) groups is 2. The second-order valence-electron chi connectivity index (χ2n) is 10.5. The number of likely N-dealkylation sites (tertiary alicyclic amines) is 2. The van der Waals surface area contributed by atoms with Gasteiger partial charge in [-0.2, -0.15) is 5.26 Å². The number of sulfone groups is 1. The zero-order chi connectivity index (χ0) is 24.8. The lowest BCUT2D eigenvalue weighted by molar-refractivity contribution is -0.140. The standard InChI is InChI=1S/C25H31ClN4O4S/c26-20-6-2-3-7-21(20)35(33,34)19-14-18(15-22(31)28-24(17-27)8-9-24)30(16-19)23(32)25(10-11-25)29-12-4-1-5-13-29/h2-3,6-7,18-19H,1,4-5,8-16H2,(H,28,31)/t18-,19-/m1/s1. The van der Waals surface area contributed by atoms with Crippen LogP contribution in [0.4, 0.5) is 0 Å². The Bertz CT molecular complexity index is 1170. The van der Waals surface area contributed by atoms with Crippen molar-refractivity contribution in [3.8, 4) is 6.07 Å². The summed E-state index contributed by atoms with van der Waals surface area (Å²) in [5, 5.41) is 11.5. The van der Waals surface area contributed by atoms with Gasteiger partial charge in [-0.15, -0.1) is 0 Å². The van der Waals surface area contributed by atoms with Crippen molar-refractivity contribution in [2.45, 2.75) is 85.1 Å². The molecule has 0 spiro atoms. The van der Waals surface area contributed by atoms with Crippen LogP contribution in [0.1, 0.15) is 57.8 Å². The Morgan fingerprint density at radius 3 is 2.40 bits per heavy atom. The number of nitriles is 1. The third-order valence-electron chi connectivity index (χ3n) is 8.07. The minimum Gasteiger partial charge on any atom is -0.338 e. The topological polar surface area (TPSA) is 111 Å². The molecule has 1 aromatic rings. The Morgan fingerprint density at radius 2 is 1.80 bits per heavy atom. The van der Waals surface area contributed by atoms with Gasteiger partial charge >= 0.3 is 0 Å². The van der Waals surface area contributed by atoms with Crippen molar-refractivity contribution >= 4 is 33.3 Å². The van der Waals surface area contributed by atoms with Crippen LogP contribution < -0.4 is 5.32 Å². The molecule has 1 N–H and O–H groups in total. The van der Waals surface area contributed by atoms with Crippen LogP contribution in [0.15, 0.2) is 29.2 Å². The molecular weight excluding hydrogens is 488 g/mol. The quantitative estimate of drug-likeness (QED) is 0.594. The first-order valence-corrected chi connectivity index (χ1v) is 14.4. The summed E-state index contributed by atoms with van der Waals surface area (Å²) in [6.07, 6.45) is 6.19. The average Bonchev–Trinajstić information content (AvgIpc) is 3.77. The number of halogens is 1. The van der Waals surface area contributed by atoms with E-state index in [0.717, 1.165) is 45.2 Å². The zero-order valence-corrected chi connectivity index (χ0v) is 21.3. The van der Waals surface area contributed by atoms with E-state index in [-0.39, 0.29) is 41.1 Å². The van der Waals surface area contributed by atoms with Gasteiger partial charge in [0.1, 0.15) is 11.1 Å². The number of piperidine rings is 1. The van der Waals surface area contributed by atoms with Crippen molar-refractivity contribution in [2.24, 2.45) is 0 Å². The average molecular weight is 519 g/mol. The van der Waals surface area contributed by atoms with Gasteiger partial charge in [0.25, 0.3) is 0 Å². The zero-order valence-electron chi connectivity index (χ0n) is 19.7. The van der Waals surface area contributed by atoms with E-state index in [1.165, 1.54) is 6.07 Å². The van der Waals surface area contributed by atoms with Gasteiger partial charge in [-0.1, -0.05) is 30.2 Å². The van der Waals surface area contributed by atoms with Crippen molar-refractivity contribution in [1.29, 1.82) is 5.26 Å². The minimum absolute atomic E-state index is 0.0141. The Morgan fingerprint density at radius 1 is 1.11 bits per heavy atom. The molecule has 4 aliphatic rings. The van der Waals surface area contributed by atoms with Crippen molar-refractivity contribution in [2.75, 3.05) is 19.6 Å². The van der Waals surface area contributed by atoms with Gasteiger partial charge in [-0.3, -0.25) is 14.5 Å². The summed E-state index contributed by atoms with van der Waals surface area (Å²) in [4.78, 5) is 30.7.